The standard InChI is InChI=1S/C22H21ClF3N3O3/c1-4-32-19(30)21(3)12-29(28-18(21)14-5-7-15(23)8-6-14)20(31)27-16-9-10-17(13(2)11-16)22(24,25)26/h5-11H,4,12H2,1-3H3,(H,27,31). The molecular weight excluding hydrogens is 447 g/mol. The van der Waals surface area contributed by atoms with E-state index in [-0.39, 0.29) is 24.4 Å². The molecule has 0 radical (unpaired) electrons. The molecule has 0 spiro atoms. The molecule has 1 N–H and O–H groups in total. The van der Waals surface area contributed by atoms with Crippen LogP contribution in [0.3, 0.4) is 0 Å². The molecule has 0 fully saturated rings. The lowest BCUT2D eigenvalue weighted by atomic mass is 9.82. The molecular formula is C22H21ClF3N3O3. The van der Waals surface area contributed by atoms with Crippen LogP contribution in [-0.2, 0) is 15.7 Å². The predicted octanol–water partition coefficient (Wildman–Crippen LogP) is 5.49. The number of halogens is 4. The van der Waals surface area contributed by atoms with E-state index in [0.717, 1.165) is 17.1 Å². The highest BCUT2D eigenvalue weighted by Crippen LogP contribution is 2.35. The number of carbonyl (C=O) groups is 2. The van der Waals surface area contributed by atoms with Crippen molar-refractivity contribution in [2.75, 3.05) is 18.5 Å². The van der Waals surface area contributed by atoms with Gasteiger partial charge in [0.15, 0.2) is 0 Å². The predicted molar refractivity (Wildman–Crippen MR) is 115 cm³/mol. The van der Waals surface area contributed by atoms with Gasteiger partial charge >= 0.3 is 18.2 Å². The molecule has 170 valence electrons. The Morgan fingerprint density at radius 2 is 1.88 bits per heavy atom. The summed E-state index contributed by atoms with van der Waals surface area (Å²) in [6.45, 7) is 4.65. The molecule has 1 atom stereocenters. The van der Waals surface area contributed by atoms with Crippen molar-refractivity contribution in [1.29, 1.82) is 0 Å². The lowest BCUT2D eigenvalue weighted by molar-refractivity contribution is -0.150. The first kappa shape index (κ1) is 23.6. The minimum Gasteiger partial charge on any atom is -0.465 e. The molecule has 1 aliphatic heterocycles. The summed E-state index contributed by atoms with van der Waals surface area (Å²) in [5, 5.41) is 8.43. The topological polar surface area (TPSA) is 71.0 Å². The van der Waals surface area contributed by atoms with Gasteiger partial charge in [-0.05, 0) is 62.2 Å². The molecule has 32 heavy (non-hydrogen) atoms. The van der Waals surface area contributed by atoms with Crippen LogP contribution in [0, 0.1) is 12.3 Å². The lowest BCUT2D eigenvalue weighted by Crippen LogP contribution is -2.42. The van der Waals surface area contributed by atoms with Crippen molar-refractivity contribution in [1.82, 2.24) is 5.01 Å². The summed E-state index contributed by atoms with van der Waals surface area (Å²) < 4.78 is 44.1. The second-order valence-corrected chi connectivity index (χ2v) is 7.96. The van der Waals surface area contributed by atoms with Crippen LogP contribution in [0.1, 0.15) is 30.5 Å². The number of hydrogen-bond donors (Lipinski definition) is 1. The van der Waals surface area contributed by atoms with E-state index >= 15 is 0 Å². The number of alkyl halides is 3. The fourth-order valence-corrected chi connectivity index (χ4v) is 3.57. The quantitative estimate of drug-likeness (QED) is 0.604. The highest BCUT2D eigenvalue weighted by Gasteiger charge is 2.48. The number of rotatable bonds is 4. The molecule has 2 aromatic carbocycles. The largest absolute Gasteiger partial charge is 0.465 e. The zero-order valence-corrected chi connectivity index (χ0v) is 18.3. The molecule has 2 aromatic rings. The van der Waals surface area contributed by atoms with Gasteiger partial charge in [-0.1, -0.05) is 23.7 Å². The van der Waals surface area contributed by atoms with Gasteiger partial charge in [0, 0.05) is 10.7 Å². The van der Waals surface area contributed by atoms with Crippen molar-refractivity contribution in [3.8, 4) is 0 Å². The Bertz CT molecular complexity index is 1070. The number of hydrazone groups is 1. The molecule has 0 saturated heterocycles. The molecule has 1 unspecified atom stereocenters. The number of nitrogens with one attached hydrogen (secondary N) is 1. The number of aryl methyl sites for hydroxylation is 1. The maximum Gasteiger partial charge on any atom is 0.416 e. The number of amides is 2. The Hall–Kier alpha value is -3.07. The minimum absolute atomic E-state index is 0.0292. The Labute approximate surface area is 188 Å². The number of nitrogens with zero attached hydrogens (tertiary/aromatic N) is 2. The van der Waals surface area contributed by atoms with E-state index in [2.05, 4.69) is 10.4 Å². The van der Waals surface area contributed by atoms with Crippen LogP contribution in [0.15, 0.2) is 47.6 Å². The molecule has 6 nitrogen and oxygen atoms in total. The molecule has 2 amide bonds. The Kier molecular flexibility index (Phi) is 6.50. The van der Waals surface area contributed by atoms with Crippen LogP contribution < -0.4 is 5.32 Å². The number of hydrogen-bond acceptors (Lipinski definition) is 4. The Morgan fingerprint density at radius 3 is 2.44 bits per heavy atom. The van der Waals surface area contributed by atoms with Gasteiger partial charge in [0.05, 0.1) is 24.4 Å². The van der Waals surface area contributed by atoms with E-state index in [1.165, 1.54) is 13.0 Å². The summed E-state index contributed by atoms with van der Waals surface area (Å²) in [6.07, 6.45) is -4.49. The molecule has 1 heterocycles. The molecule has 0 saturated carbocycles. The fourth-order valence-electron chi connectivity index (χ4n) is 3.44. The lowest BCUT2D eigenvalue weighted by Gasteiger charge is -2.24. The highest BCUT2D eigenvalue weighted by atomic mass is 35.5. The maximum atomic E-state index is 13.0. The zero-order valence-electron chi connectivity index (χ0n) is 17.6. The number of ether oxygens (including phenoxy) is 1. The van der Waals surface area contributed by atoms with Crippen molar-refractivity contribution < 1.29 is 27.5 Å². The van der Waals surface area contributed by atoms with Crippen LogP contribution in [0.2, 0.25) is 5.02 Å². The second-order valence-electron chi connectivity index (χ2n) is 7.52. The van der Waals surface area contributed by atoms with E-state index in [0.29, 0.717) is 16.3 Å². The van der Waals surface area contributed by atoms with Crippen molar-refractivity contribution in [2.45, 2.75) is 26.9 Å². The first-order valence-electron chi connectivity index (χ1n) is 9.74. The van der Waals surface area contributed by atoms with E-state index in [1.807, 2.05) is 0 Å². The first-order chi connectivity index (χ1) is 15.0. The van der Waals surface area contributed by atoms with Crippen molar-refractivity contribution in [2.24, 2.45) is 10.5 Å². The molecule has 0 aromatic heterocycles. The summed E-state index contributed by atoms with van der Waals surface area (Å²) in [4.78, 5) is 25.5. The normalized spacial score (nSPS) is 18.3. The van der Waals surface area contributed by atoms with Crippen molar-refractivity contribution in [3.63, 3.8) is 0 Å². The highest BCUT2D eigenvalue weighted by molar-refractivity contribution is 6.30. The third-order valence-electron chi connectivity index (χ3n) is 5.07. The van der Waals surface area contributed by atoms with Crippen molar-refractivity contribution in [3.05, 3.63) is 64.2 Å². The second kappa shape index (κ2) is 8.82. The van der Waals surface area contributed by atoms with E-state index in [4.69, 9.17) is 16.3 Å². The average molecular weight is 468 g/mol. The van der Waals surface area contributed by atoms with E-state index in [9.17, 15) is 22.8 Å². The number of urea groups is 1. The van der Waals surface area contributed by atoms with Gasteiger partial charge < -0.3 is 10.1 Å². The zero-order chi connectivity index (χ0) is 23.7. The van der Waals surface area contributed by atoms with Crippen LogP contribution >= 0.6 is 11.6 Å². The van der Waals surface area contributed by atoms with Gasteiger partial charge in [-0.3, -0.25) is 4.79 Å². The summed E-state index contributed by atoms with van der Waals surface area (Å²) >= 11 is 5.95. The van der Waals surface area contributed by atoms with Gasteiger partial charge in [-0.15, -0.1) is 0 Å². The first-order valence-corrected chi connectivity index (χ1v) is 10.1. The molecule has 0 aliphatic carbocycles. The van der Waals surface area contributed by atoms with Gasteiger partial charge in [-0.2, -0.15) is 18.3 Å². The number of carbonyl (C=O) groups excluding carboxylic acids is 2. The fraction of sp³-hybridized carbons (Fsp3) is 0.318. The SMILES string of the molecule is CCOC(=O)C1(C)CN(C(=O)Nc2ccc(C(F)(F)F)c(C)c2)N=C1c1ccc(Cl)cc1. The van der Waals surface area contributed by atoms with Crippen LogP contribution in [-0.4, -0.2) is 35.9 Å². The molecule has 10 heteroatoms. The third-order valence-corrected chi connectivity index (χ3v) is 5.32. The smallest absolute Gasteiger partial charge is 0.416 e. The maximum absolute atomic E-state index is 13.0. The van der Waals surface area contributed by atoms with Gasteiger partial charge in [-0.25, -0.2) is 9.80 Å². The molecule has 0 bridgehead atoms. The van der Waals surface area contributed by atoms with E-state index in [1.54, 1.807) is 38.1 Å². The average Bonchev–Trinajstić information content (AvgIpc) is 3.07. The Balaban J connectivity index is 1.89. The van der Waals surface area contributed by atoms with Crippen LogP contribution in [0.25, 0.3) is 0 Å². The molecule has 1 aliphatic rings. The van der Waals surface area contributed by atoms with Crippen LogP contribution in [0.4, 0.5) is 23.7 Å². The summed E-state index contributed by atoms with van der Waals surface area (Å²) in [5.74, 6) is -0.547. The summed E-state index contributed by atoms with van der Waals surface area (Å²) in [5.41, 5.74) is -0.962. The van der Waals surface area contributed by atoms with Crippen molar-refractivity contribution >= 4 is 35.0 Å². The van der Waals surface area contributed by atoms with Gasteiger partial charge in [0.1, 0.15) is 5.41 Å². The van der Waals surface area contributed by atoms with Gasteiger partial charge in [0.25, 0.3) is 0 Å². The minimum atomic E-state index is -4.49. The summed E-state index contributed by atoms with van der Waals surface area (Å²) in [6, 6.07) is 9.24. The number of esters is 1. The Morgan fingerprint density at radius 1 is 1.22 bits per heavy atom. The van der Waals surface area contributed by atoms with E-state index < -0.39 is 29.2 Å². The number of benzene rings is 2. The summed E-state index contributed by atoms with van der Waals surface area (Å²) in [7, 11) is 0. The molecule has 3 rings (SSSR count). The number of anilines is 1. The van der Waals surface area contributed by atoms with Gasteiger partial charge in [0.2, 0.25) is 0 Å². The van der Waals surface area contributed by atoms with Crippen LogP contribution in [0.5, 0.6) is 0 Å². The monoisotopic (exact) mass is 467 g/mol. The third kappa shape index (κ3) is 4.72.